The lowest BCUT2D eigenvalue weighted by Gasteiger charge is -1.97. The van der Waals surface area contributed by atoms with Gasteiger partial charge < -0.3 is 10.2 Å². The Balaban J connectivity index is 2.21. The van der Waals surface area contributed by atoms with E-state index in [1.807, 2.05) is 0 Å². The van der Waals surface area contributed by atoms with E-state index >= 15 is 0 Å². The molecule has 0 aliphatic carbocycles. The van der Waals surface area contributed by atoms with E-state index in [-0.39, 0.29) is 11.5 Å². The molecule has 0 saturated heterocycles. The summed E-state index contributed by atoms with van der Waals surface area (Å²) in [6.07, 6.45) is 4.40. The van der Waals surface area contributed by atoms with E-state index in [9.17, 15) is 5.11 Å². The van der Waals surface area contributed by atoms with Gasteiger partial charge in [0.1, 0.15) is 12.7 Å². The van der Waals surface area contributed by atoms with Crippen molar-refractivity contribution in [1.82, 2.24) is 14.9 Å². The normalized spacial score (nSPS) is 10.9. The zero-order valence-electron chi connectivity index (χ0n) is 7.65. The molecule has 0 bridgehead atoms. The third kappa shape index (κ3) is 2.11. The van der Waals surface area contributed by atoms with Crippen molar-refractivity contribution >= 4 is 6.21 Å². The van der Waals surface area contributed by atoms with E-state index < -0.39 is 0 Å². The molecule has 6 heteroatoms. The molecule has 0 radical (unpaired) electrons. The summed E-state index contributed by atoms with van der Waals surface area (Å²) in [6, 6.07) is 4.43. The van der Waals surface area contributed by atoms with Crippen LogP contribution in [0, 0.1) is 0 Å². The molecule has 6 nitrogen and oxygen atoms in total. The summed E-state index contributed by atoms with van der Waals surface area (Å²) in [6.45, 7) is 0. The third-order valence-corrected chi connectivity index (χ3v) is 1.75. The molecule has 0 fully saturated rings. The summed E-state index contributed by atoms with van der Waals surface area (Å²) in [5.41, 5.74) is 0.666. The zero-order valence-corrected chi connectivity index (χ0v) is 7.65. The first-order valence-corrected chi connectivity index (χ1v) is 4.16. The highest BCUT2D eigenvalue weighted by atomic mass is 16.3. The quantitative estimate of drug-likeness (QED) is 0.553. The van der Waals surface area contributed by atoms with E-state index in [1.54, 1.807) is 6.07 Å². The van der Waals surface area contributed by atoms with Crippen molar-refractivity contribution in [2.24, 2.45) is 5.10 Å². The molecule has 0 aliphatic rings. The van der Waals surface area contributed by atoms with Gasteiger partial charge in [-0.1, -0.05) is 0 Å². The fourth-order valence-corrected chi connectivity index (χ4v) is 1.01. The zero-order chi connectivity index (χ0) is 10.7. The third-order valence-electron chi connectivity index (χ3n) is 1.75. The van der Waals surface area contributed by atoms with Crippen LogP contribution in [0.4, 0.5) is 0 Å². The van der Waals surface area contributed by atoms with Crippen molar-refractivity contribution in [2.45, 2.75) is 0 Å². The molecule has 0 atom stereocenters. The van der Waals surface area contributed by atoms with E-state index in [0.29, 0.717) is 5.56 Å². The fourth-order valence-electron chi connectivity index (χ4n) is 1.01. The Hall–Kier alpha value is -2.37. The van der Waals surface area contributed by atoms with Gasteiger partial charge in [-0.05, 0) is 23.8 Å². The molecule has 0 amide bonds. The highest BCUT2D eigenvalue weighted by molar-refractivity contribution is 5.80. The van der Waals surface area contributed by atoms with Crippen molar-refractivity contribution in [2.75, 3.05) is 0 Å². The molecule has 0 unspecified atom stereocenters. The second-order valence-corrected chi connectivity index (χ2v) is 2.83. The van der Waals surface area contributed by atoms with Crippen LogP contribution >= 0.6 is 0 Å². The number of benzene rings is 1. The highest BCUT2D eigenvalue weighted by Crippen LogP contribution is 2.23. The Morgan fingerprint density at radius 3 is 2.53 bits per heavy atom. The lowest BCUT2D eigenvalue weighted by molar-refractivity contribution is 0.403. The van der Waals surface area contributed by atoms with E-state index in [0.717, 1.165) is 0 Å². The maximum atomic E-state index is 9.21. The van der Waals surface area contributed by atoms with E-state index in [2.05, 4.69) is 15.3 Å². The molecule has 1 heterocycles. The molecule has 0 spiro atoms. The van der Waals surface area contributed by atoms with Crippen LogP contribution in [0.25, 0.3) is 0 Å². The summed E-state index contributed by atoms with van der Waals surface area (Å²) in [7, 11) is 0. The molecule has 15 heavy (non-hydrogen) atoms. The Kier molecular flexibility index (Phi) is 2.32. The largest absolute Gasteiger partial charge is 0.504 e. The number of hydrogen-bond acceptors (Lipinski definition) is 5. The number of hydrogen-bond donors (Lipinski definition) is 2. The Bertz CT molecular complexity index is 479. The van der Waals surface area contributed by atoms with Gasteiger partial charge in [0, 0.05) is 0 Å². The predicted octanol–water partition coefficient (Wildman–Crippen LogP) is 0.571. The molecule has 2 aromatic rings. The molecule has 1 aromatic carbocycles. The first-order chi connectivity index (χ1) is 7.25. The molecular formula is C9H8N4O2. The Labute approximate surface area is 85.1 Å². The van der Waals surface area contributed by atoms with Crippen molar-refractivity contribution in [1.29, 1.82) is 0 Å². The number of rotatable bonds is 2. The number of phenolic OH excluding ortho intramolecular Hbond substituents is 2. The fraction of sp³-hybridized carbons (Fsp3) is 0. The second-order valence-electron chi connectivity index (χ2n) is 2.83. The lowest BCUT2D eigenvalue weighted by Crippen LogP contribution is -1.86. The summed E-state index contributed by atoms with van der Waals surface area (Å²) in [5, 5.41) is 29.4. The molecular weight excluding hydrogens is 196 g/mol. The minimum Gasteiger partial charge on any atom is -0.504 e. The van der Waals surface area contributed by atoms with Gasteiger partial charge in [0.15, 0.2) is 11.5 Å². The summed E-state index contributed by atoms with van der Waals surface area (Å²) < 4.78 is 1.42. The van der Waals surface area contributed by atoms with Gasteiger partial charge >= 0.3 is 0 Å². The lowest BCUT2D eigenvalue weighted by atomic mass is 10.2. The van der Waals surface area contributed by atoms with Crippen LogP contribution in [0.15, 0.2) is 36.0 Å². The van der Waals surface area contributed by atoms with Crippen LogP contribution in [0.3, 0.4) is 0 Å². The average molecular weight is 204 g/mol. The van der Waals surface area contributed by atoms with Crippen LogP contribution in [0.5, 0.6) is 11.5 Å². The van der Waals surface area contributed by atoms with Gasteiger partial charge in [0.25, 0.3) is 0 Å². The molecule has 2 rings (SSSR count). The number of nitrogens with zero attached hydrogens (tertiary/aromatic N) is 4. The maximum absolute atomic E-state index is 9.21. The van der Waals surface area contributed by atoms with Crippen LogP contribution in [-0.2, 0) is 0 Å². The number of aromatic nitrogens is 3. The molecule has 2 N–H and O–H groups in total. The number of phenols is 2. The smallest absolute Gasteiger partial charge is 0.158 e. The first kappa shape index (κ1) is 9.20. The monoisotopic (exact) mass is 204 g/mol. The van der Waals surface area contributed by atoms with Gasteiger partial charge in [-0.2, -0.15) is 5.10 Å². The Morgan fingerprint density at radius 2 is 1.87 bits per heavy atom. The van der Waals surface area contributed by atoms with Gasteiger partial charge in [-0.25, -0.2) is 4.68 Å². The highest BCUT2D eigenvalue weighted by Gasteiger charge is 1.98. The van der Waals surface area contributed by atoms with Gasteiger partial charge in [0.2, 0.25) is 0 Å². The van der Waals surface area contributed by atoms with Crippen molar-refractivity contribution in [3.63, 3.8) is 0 Å². The molecule has 1 aromatic heterocycles. The molecule has 76 valence electrons. The standard InChI is InChI=1S/C9H8N4O2/c14-8-2-1-7(3-9(8)15)4-12-13-5-10-11-6-13/h1-6,14-15H/b12-4-. The maximum Gasteiger partial charge on any atom is 0.158 e. The first-order valence-electron chi connectivity index (χ1n) is 4.16. The average Bonchev–Trinajstić information content (AvgIpc) is 2.73. The van der Waals surface area contributed by atoms with Gasteiger partial charge in [-0.15, -0.1) is 10.2 Å². The summed E-state index contributed by atoms with van der Waals surface area (Å²) in [4.78, 5) is 0. The Morgan fingerprint density at radius 1 is 1.13 bits per heavy atom. The van der Waals surface area contributed by atoms with E-state index in [4.69, 9.17) is 5.11 Å². The number of aromatic hydroxyl groups is 2. The van der Waals surface area contributed by atoms with Crippen molar-refractivity contribution in [3.8, 4) is 11.5 Å². The van der Waals surface area contributed by atoms with Crippen molar-refractivity contribution in [3.05, 3.63) is 36.4 Å². The van der Waals surface area contributed by atoms with Crippen LogP contribution in [-0.4, -0.2) is 31.3 Å². The van der Waals surface area contributed by atoms with Crippen LogP contribution < -0.4 is 0 Å². The second kappa shape index (κ2) is 3.79. The summed E-state index contributed by atoms with van der Waals surface area (Å²) in [5.74, 6) is -0.334. The van der Waals surface area contributed by atoms with Crippen LogP contribution in [0.2, 0.25) is 0 Å². The van der Waals surface area contributed by atoms with Crippen LogP contribution in [0.1, 0.15) is 5.56 Å². The predicted molar refractivity (Wildman–Crippen MR) is 52.8 cm³/mol. The minimum absolute atomic E-state index is 0.156. The molecule has 0 saturated carbocycles. The SMILES string of the molecule is Oc1ccc(/C=N\n2cnnc2)cc1O. The van der Waals surface area contributed by atoms with Crippen molar-refractivity contribution < 1.29 is 10.2 Å². The minimum atomic E-state index is -0.178. The molecule has 0 aliphatic heterocycles. The van der Waals surface area contributed by atoms with E-state index in [1.165, 1.54) is 35.7 Å². The van der Waals surface area contributed by atoms with Gasteiger partial charge in [-0.3, -0.25) is 0 Å². The topological polar surface area (TPSA) is 83.5 Å². The van der Waals surface area contributed by atoms with Gasteiger partial charge in [0.05, 0.1) is 6.21 Å². The summed E-state index contributed by atoms with van der Waals surface area (Å²) >= 11 is 0.